The van der Waals surface area contributed by atoms with Crippen LogP contribution in [0.4, 0.5) is 10.5 Å². The van der Waals surface area contributed by atoms with Gasteiger partial charge in [0.1, 0.15) is 18.0 Å². The van der Waals surface area contributed by atoms with Crippen molar-refractivity contribution in [2.75, 3.05) is 45.0 Å². The van der Waals surface area contributed by atoms with Gasteiger partial charge in [0.15, 0.2) is 0 Å². The van der Waals surface area contributed by atoms with E-state index in [2.05, 4.69) is 0 Å². The van der Waals surface area contributed by atoms with Gasteiger partial charge in [0.25, 0.3) is 10.1 Å². The molecule has 280 valence electrons. The average Bonchev–Trinajstić information content (AvgIpc) is 3.08. The molecule has 9 nitrogen and oxygen atoms in total. The first-order valence-corrected chi connectivity index (χ1v) is 19.9. The lowest BCUT2D eigenvalue weighted by atomic mass is 9.48. The fourth-order valence-corrected chi connectivity index (χ4v) is 9.39. The van der Waals surface area contributed by atoms with E-state index in [4.69, 9.17) is 18.9 Å². The molecule has 4 bridgehead atoms. The van der Waals surface area contributed by atoms with E-state index < -0.39 is 21.8 Å². The van der Waals surface area contributed by atoms with E-state index in [1.54, 1.807) is 13.1 Å². The SMILES string of the molecule is CN(C(=O)OC(C)(C)C)c1ccc(C=Cc2ccc(OCCOCCOCCc3cc(C45CC6CC(CC(C6)C4)C5)ccc3S(=O)(=O)O)cc2)cc1. The van der Waals surface area contributed by atoms with Crippen molar-refractivity contribution in [1.82, 2.24) is 0 Å². The van der Waals surface area contributed by atoms with Crippen molar-refractivity contribution in [3.05, 3.63) is 89.0 Å². The van der Waals surface area contributed by atoms with Crippen LogP contribution in [-0.4, -0.2) is 64.7 Å². The molecule has 4 aliphatic carbocycles. The Hall–Kier alpha value is -3.70. The molecule has 4 aliphatic rings. The number of rotatable bonds is 15. The van der Waals surface area contributed by atoms with Crippen molar-refractivity contribution in [1.29, 1.82) is 0 Å². The number of hydrogen-bond acceptors (Lipinski definition) is 7. The van der Waals surface area contributed by atoms with Crippen LogP contribution in [0.25, 0.3) is 12.2 Å². The minimum absolute atomic E-state index is 0.0155. The molecular formula is C42H53NO8S. The largest absolute Gasteiger partial charge is 0.491 e. The van der Waals surface area contributed by atoms with Gasteiger partial charge in [-0.25, -0.2) is 4.79 Å². The number of nitrogens with zero attached hydrogens (tertiary/aromatic N) is 1. The number of carbonyl (C=O) groups excluding carboxylic acids is 1. The first kappa shape index (κ1) is 38.0. The predicted octanol–water partition coefficient (Wildman–Crippen LogP) is 8.60. The molecule has 1 amide bonds. The molecule has 0 saturated heterocycles. The second-order valence-corrected chi connectivity index (χ2v) is 17.2. The lowest BCUT2D eigenvalue weighted by Crippen LogP contribution is -2.48. The zero-order valence-electron chi connectivity index (χ0n) is 30.9. The fraction of sp³-hybridized carbons (Fsp3) is 0.500. The Labute approximate surface area is 309 Å². The highest BCUT2D eigenvalue weighted by Gasteiger charge is 2.51. The van der Waals surface area contributed by atoms with Gasteiger partial charge in [0, 0.05) is 12.7 Å². The van der Waals surface area contributed by atoms with Gasteiger partial charge < -0.3 is 18.9 Å². The van der Waals surface area contributed by atoms with Crippen LogP contribution in [0.2, 0.25) is 0 Å². The van der Waals surface area contributed by atoms with Gasteiger partial charge in [0.2, 0.25) is 0 Å². The van der Waals surface area contributed by atoms with Gasteiger partial charge >= 0.3 is 6.09 Å². The Kier molecular flexibility index (Phi) is 11.8. The highest BCUT2D eigenvalue weighted by molar-refractivity contribution is 7.85. The minimum Gasteiger partial charge on any atom is -0.491 e. The van der Waals surface area contributed by atoms with Gasteiger partial charge in [-0.1, -0.05) is 48.6 Å². The van der Waals surface area contributed by atoms with E-state index in [0.717, 1.165) is 40.3 Å². The molecule has 1 N–H and O–H groups in total. The third-order valence-corrected chi connectivity index (χ3v) is 11.6. The number of anilines is 1. The van der Waals surface area contributed by atoms with Crippen molar-refractivity contribution in [3.8, 4) is 5.75 Å². The molecule has 0 aliphatic heterocycles. The topological polar surface area (TPSA) is 112 Å². The summed E-state index contributed by atoms with van der Waals surface area (Å²) in [6.07, 6.45) is 11.7. The summed E-state index contributed by atoms with van der Waals surface area (Å²) in [5.41, 5.74) is 4.25. The van der Waals surface area contributed by atoms with Crippen LogP contribution >= 0.6 is 0 Å². The molecule has 0 spiro atoms. The summed E-state index contributed by atoms with van der Waals surface area (Å²) in [5, 5.41) is 0. The van der Waals surface area contributed by atoms with Crippen LogP contribution in [0.5, 0.6) is 5.75 Å². The van der Waals surface area contributed by atoms with E-state index >= 15 is 0 Å². The maximum Gasteiger partial charge on any atom is 0.414 e. The molecule has 3 aromatic rings. The van der Waals surface area contributed by atoms with Gasteiger partial charge in [0.05, 0.1) is 31.3 Å². The number of hydrogen-bond donors (Lipinski definition) is 1. The molecule has 3 aromatic carbocycles. The van der Waals surface area contributed by atoms with E-state index in [0.29, 0.717) is 45.0 Å². The third-order valence-electron chi connectivity index (χ3n) is 10.7. The van der Waals surface area contributed by atoms with Crippen LogP contribution in [0.1, 0.15) is 81.5 Å². The highest BCUT2D eigenvalue weighted by atomic mass is 32.2. The standard InChI is InChI=1S/C42H53NO8S/c1-41(2,3)51-40(44)43(4)37-12-7-30(8-13-37)5-6-31-9-14-38(15-10-31)50-22-21-49-20-19-48-18-17-35-26-36(11-16-39(35)52(45,46)47)42-27-32-23-33(28-42)25-34(24-32)29-42/h5-16,26,32-34H,17-25,27-29H2,1-4H3,(H,45,46,47). The first-order chi connectivity index (χ1) is 24.8. The smallest absolute Gasteiger partial charge is 0.414 e. The normalized spacial score (nSPS) is 22.5. The number of carbonyl (C=O) groups is 1. The predicted molar refractivity (Wildman–Crippen MR) is 203 cm³/mol. The van der Waals surface area contributed by atoms with E-state index in [1.807, 2.05) is 93.6 Å². The van der Waals surface area contributed by atoms with E-state index in [9.17, 15) is 17.8 Å². The third kappa shape index (κ3) is 9.83. The van der Waals surface area contributed by atoms with Crippen molar-refractivity contribution in [2.45, 2.75) is 81.6 Å². The first-order valence-electron chi connectivity index (χ1n) is 18.5. The Bertz CT molecular complexity index is 1780. The molecular weight excluding hydrogens is 679 g/mol. The van der Waals surface area contributed by atoms with Crippen molar-refractivity contribution in [3.63, 3.8) is 0 Å². The van der Waals surface area contributed by atoms with Gasteiger partial charge in [-0.15, -0.1) is 0 Å². The van der Waals surface area contributed by atoms with Crippen LogP contribution in [-0.2, 0) is 36.2 Å². The monoisotopic (exact) mass is 731 g/mol. The zero-order valence-corrected chi connectivity index (χ0v) is 31.7. The second kappa shape index (κ2) is 16.1. The van der Waals surface area contributed by atoms with Crippen molar-refractivity contribution in [2.24, 2.45) is 17.8 Å². The van der Waals surface area contributed by atoms with E-state index in [-0.39, 0.29) is 10.3 Å². The lowest BCUT2D eigenvalue weighted by molar-refractivity contribution is -0.00527. The molecule has 0 aromatic heterocycles. The molecule has 0 unspecified atom stereocenters. The Balaban J connectivity index is 0.886. The van der Waals surface area contributed by atoms with Crippen LogP contribution in [0.15, 0.2) is 71.6 Å². The molecule has 10 heteroatoms. The quantitative estimate of drug-likeness (QED) is 0.0940. The molecule has 0 radical (unpaired) electrons. The Morgan fingerprint density at radius 3 is 1.90 bits per heavy atom. The zero-order chi connectivity index (χ0) is 36.9. The molecule has 4 fully saturated rings. The summed E-state index contributed by atoms with van der Waals surface area (Å²) in [6.45, 7) is 7.44. The number of ether oxygens (including phenoxy) is 4. The molecule has 7 rings (SSSR count). The maximum atomic E-state index is 12.3. The summed E-state index contributed by atoms with van der Waals surface area (Å²) < 4.78 is 57.0. The summed E-state index contributed by atoms with van der Waals surface area (Å²) in [6, 6.07) is 21.1. The average molecular weight is 732 g/mol. The minimum atomic E-state index is -4.32. The lowest BCUT2D eigenvalue weighted by Gasteiger charge is -2.57. The van der Waals surface area contributed by atoms with Crippen molar-refractivity contribution < 1.29 is 36.7 Å². The van der Waals surface area contributed by atoms with Crippen molar-refractivity contribution >= 4 is 34.1 Å². The molecule has 4 saturated carbocycles. The number of benzene rings is 3. The van der Waals surface area contributed by atoms with E-state index in [1.165, 1.54) is 49.0 Å². The van der Waals surface area contributed by atoms with Gasteiger partial charge in [-0.3, -0.25) is 9.45 Å². The Morgan fingerprint density at radius 1 is 0.808 bits per heavy atom. The summed E-state index contributed by atoms with van der Waals surface area (Å²) >= 11 is 0. The molecule has 52 heavy (non-hydrogen) atoms. The molecule has 0 heterocycles. The summed E-state index contributed by atoms with van der Waals surface area (Å²) in [7, 11) is -2.63. The summed E-state index contributed by atoms with van der Waals surface area (Å²) in [5.74, 6) is 3.12. The maximum absolute atomic E-state index is 12.3. The fourth-order valence-electron chi connectivity index (χ4n) is 8.66. The number of amides is 1. The summed E-state index contributed by atoms with van der Waals surface area (Å²) in [4.78, 5) is 13.8. The van der Waals surface area contributed by atoms with Gasteiger partial charge in [-0.05, 0) is 141 Å². The van der Waals surface area contributed by atoms with Crippen LogP contribution in [0, 0.1) is 17.8 Å². The highest BCUT2D eigenvalue weighted by Crippen LogP contribution is 2.60. The van der Waals surface area contributed by atoms with Crippen LogP contribution in [0.3, 0.4) is 0 Å². The second-order valence-electron chi connectivity index (χ2n) is 15.9. The van der Waals surface area contributed by atoms with Gasteiger partial charge in [-0.2, -0.15) is 8.42 Å². The molecule has 0 atom stereocenters. The Morgan fingerprint density at radius 2 is 1.35 bits per heavy atom. The van der Waals surface area contributed by atoms with Crippen LogP contribution < -0.4 is 9.64 Å².